The maximum Gasteiger partial charge on any atom is 0.407 e. The predicted octanol–water partition coefficient (Wildman–Crippen LogP) is 1.32. The topological polar surface area (TPSA) is 129 Å². The molecule has 0 aliphatic carbocycles. The number of rotatable bonds is 6. The number of amides is 1. The van der Waals surface area contributed by atoms with E-state index in [1.165, 1.54) is 36.9 Å². The molecule has 1 aliphatic heterocycles. The second kappa shape index (κ2) is 10.9. The Hall–Kier alpha value is -3.73. The summed E-state index contributed by atoms with van der Waals surface area (Å²) in [6.45, 7) is 7.18. The van der Waals surface area contributed by atoms with Crippen molar-refractivity contribution in [1.29, 1.82) is 0 Å². The van der Waals surface area contributed by atoms with Gasteiger partial charge in [-0.15, -0.1) is 0 Å². The van der Waals surface area contributed by atoms with Gasteiger partial charge in [0.25, 0.3) is 11.5 Å². The number of carbonyl (C=O) groups excluding carboxylic acids is 3. The SMILES string of the molecule is COC(=O)CN1C[C@H](n2cc(C)c(=O)n(C(=O)c3ccccc3)c2=O)C[C@@H]1CNC(=O)OC(C)(C)C. The molecule has 1 saturated heterocycles. The van der Waals surface area contributed by atoms with Crippen LogP contribution in [0.25, 0.3) is 0 Å². The molecule has 1 amide bonds. The number of esters is 1. The molecule has 2 atom stereocenters. The van der Waals surface area contributed by atoms with Crippen molar-refractivity contribution in [3.05, 3.63) is 68.5 Å². The van der Waals surface area contributed by atoms with Crippen molar-refractivity contribution in [2.45, 2.75) is 51.8 Å². The Morgan fingerprint density at radius 3 is 2.39 bits per heavy atom. The molecule has 1 aliphatic rings. The molecule has 3 rings (SSSR count). The number of aromatic nitrogens is 2. The fraction of sp³-hybridized carbons (Fsp3) is 0.480. The highest BCUT2D eigenvalue weighted by Crippen LogP contribution is 2.26. The van der Waals surface area contributed by atoms with Crippen LogP contribution in [-0.4, -0.2) is 70.4 Å². The summed E-state index contributed by atoms with van der Waals surface area (Å²) in [4.78, 5) is 65.1. The lowest BCUT2D eigenvalue weighted by Gasteiger charge is -2.24. The molecule has 0 radical (unpaired) electrons. The molecule has 1 N–H and O–H groups in total. The Morgan fingerprint density at radius 2 is 1.78 bits per heavy atom. The lowest BCUT2D eigenvalue weighted by atomic mass is 10.1. The first-order valence-electron chi connectivity index (χ1n) is 11.6. The molecule has 2 heterocycles. The zero-order valence-corrected chi connectivity index (χ0v) is 21.1. The largest absolute Gasteiger partial charge is 0.468 e. The monoisotopic (exact) mass is 500 g/mol. The van der Waals surface area contributed by atoms with E-state index < -0.39 is 40.9 Å². The molecular formula is C25H32N4O7. The van der Waals surface area contributed by atoms with Gasteiger partial charge in [-0.1, -0.05) is 18.2 Å². The number of methoxy groups -OCH3 is 1. The van der Waals surface area contributed by atoms with Crippen molar-refractivity contribution in [1.82, 2.24) is 19.4 Å². The van der Waals surface area contributed by atoms with Gasteiger partial charge in [-0.3, -0.25) is 23.9 Å². The van der Waals surface area contributed by atoms with Crippen molar-refractivity contribution in [2.75, 3.05) is 26.7 Å². The average Bonchev–Trinajstić information content (AvgIpc) is 3.21. The molecule has 2 aromatic rings. The highest BCUT2D eigenvalue weighted by Gasteiger charge is 2.36. The van der Waals surface area contributed by atoms with E-state index in [1.54, 1.807) is 43.9 Å². The second-order valence-electron chi connectivity index (χ2n) is 9.75. The zero-order chi connectivity index (χ0) is 26.6. The number of benzene rings is 1. The third-order valence-electron chi connectivity index (χ3n) is 5.85. The van der Waals surface area contributed by atoms with Crippen LogP contribution in [0.2, 0.25) is 0 Å². The van der Waals surface area contributed by atoms with Crippen LogP contribution in [0.15, 0.2) is 46.1 Å². The highest BCUT2D eigenvalue weighted by molar-refractivity contribution is 5.95. The van der Waals surface area contributed by atoms with Gasteiger partial charge in [0.15, 0.2) is 0 Å². The highest BCUT2D eigenvalue weighted by atomic mass is 16.6. The van der Waals surface area contributed by atoms with Crippen LogP contribution in [0.4, 0.5) is 4.79 Å². The van der Waals surface area contributed by atoms with E-state index in [2.05, 4.69) is 5.32 Å². The molecule has 0 spiro atoms. The third kappa shape index (κ3) is 6.28. The Bertz CT molecular complexity index is 1240. The number of nitrogens with one attached hydrogen (secondary N) is 1. The number of likely N-dealkylation sites (tertiary alicyclic amines) is 1. The summed E-state index contributed by atoms with van der Waals surface area (Å²) < 4.78 is 12.1. The van der Waals surface area contributed by atoms with E-state index in [1.807, 2.05) is 0 Å². The molecule has 11 nitrogen and oxygen atoms in total. The minimum Gasteiger partial charge on any atom is -0.468 e. The number of hydrogen-bond acceptors (Lipinski definition) is 8. The van der Waals surface area contributed by atoms with Crippen molar-refractivity contribution >= 4 is 18.0 Å². The number of carbonyl (C=O) groups is 3. The van der Waals surface area contributed by atoms with Crippen LogP contribution < -0.4 is 16.6 Å². The Balaban J connectivity index is 1.90. The van der Waals surface area contributed by atoms with Crippen LogP contribution in [-0.2, 0) is 14.3 Å². The fourth-order valence-electron chi connectivity index (χ4n) is 4.16. The number of aryl methyl sites for hydroxylation is 1. The van der Waals surface area contributed by atoms with E-state index in [9.17, 15) is 24.0 Å². The van der Waals surface area contributed by atoms with Crippen LogP contribution in [0, 0.1) is 6.92 Å². The van der Waals surface area contributed by atoms with E-state index in [-0.39, 0.29) is 36.8 Å². The average molecular weight is 501 g/mol. The summed E-state index contributed by atoms with van der Waals surface area (Å²) in [5, 5.41) is 2.71. The number of hydrogen-bond donors (Lipinski definition) is 1. The van der Waals surface area contributed by atoms with Gasteiger partial charge in [-0.05, 0) is 46.2 Å². The summed E-state index contributed by atoms with van der Waals surface area (Å²) in [5.74, 6) is -1.18. The molecule has 11 heteroatoms. The van der Waals surface area contributed by atoms with Gasteiger partial charge in [0.2, 0.25) is 0 Å². The number of ether oxygens (including phenoxy) is 2. The summed E-state index contributed by atoms with van der Waals surface area (Å²) in [5.41, 5.74) is -1.67. The van der Waals surface area contributed by atoms with Crippen molar-refractivity contribution in [3.8, 4) is 0 Å². The third-order valence-corrected chi connectivity index (χ3v) is 5.85. The maximum atomic E-state index is 13.4. The zero-order valence-electron chi connectivity index (χ0n) is 21.1. The molecule has 36 heavy (non-hydrogen) atoms. The maximum absolute atomic E-state index is 13.4. The normalized spacial score (nSPS) is 18.0. The summed E-state index contributed by atoms with van der Waals surface area (Å²) in [6.07, 6.45) is 1.22. The number of alkyl carbamates (subject to hydrolysis) is 1. The van der Waals surface area contributed by atoms with E-state index in [4.69, 9.17) is 9.47 Å². The van der Waals surface area contributed by atoms with Gasteiger partial charge < -0.3 is 14.8 Å². The predicted molar refractivity (Wildman–Crippen MR) is 131 cm³/mol. The minimum atomic E-state index is -0.761. The quantitative estimate of drug-likeness (QED) is 0.588. The molecular weight excluding hydrogens is 468 g/mol. The van der Waals surface area contributed by atoms with E-state index >= 15 is 0 Å². The Labute approximate surface area is 208 Å². The molecule has 0 unspecified atom stereocenters. The molecule has 1 fully saturated rings. The number of nitrogens with zero attached hydrogens (tertiary/aromatic N) is 3. The molecule has 0 saturated carbocycles. The first kappa shape index (κ1) is 26.9. The van der Waals surface area contributed by atoms with Crippen LogP contribution in [0.5, 0.6) is 0 Å². The van der Waals surface area contributed by atoms with Crippen molar-refractivity contribution < 1.29 is 23.9 Å². The van der Waals surface area contributed by atoms with Gasteiger partial charge in [0.05, 0.1) is 19.7 Å². The van der Waals surface area contributed by atoms with Gasteiger partial charge in [0, 0.05) is 36.5 Å². The summed E-state index contributed by atoms with van der Waals surface area (Å²) >= 11 is 0. The minimum absolute atomic E-state index is 0.0516. The Kier molecular flexibility index (Phi) is 8.13. The van der Waals surface area contributed by atoms with Gasteiger partial charge in [0.1, 0.15) is 5.60 Å². The second-order valence-corrected chi connectivity index (χ2v) is 9.75. The van der Waals surface area contributed by atoms with E-state index in [0.29, 0.717) is 11.0 Å². The first-order valence-corrected chi connectivity index (χ1v) is 11.6. The van der Waals surface area contributed by atoms with Crippen molar-refractivity contribution in [2.24, 2.45) is 0 Å². The van der Waals surface area contributed by atoms with Crippen LogP contribution in [0.3, 0.4) is 0 Å². The summed E-state index contributed by atoms with van der Waals surface area (Å²) in [7, 11) is 1.28. The van der Waals surface area contributed by atoms with Gasteiger partial charge in [-0.25, -0.2) is 9.59 Å². The van der Waals surface area contributed by atoms with Gasteiger partial charge >= 0.3 is 17.8 Å². The van der Waals surface area contributed by atoms with E-state index in [0.717, 1.165) is 0 Å². The first-order chi connectivity index (χ1) is 16.9. The lowest BCUT2D eigenvalue weighted by Crippen LogP contribution is -2.46. The molecule has 0 bridgehead atoms. The molecule has 1 aromatic carbocycles. The fourth-order valence-corrected chi connectivity index (χ4v) is 4.16. The smallest absolute Gasteiger partial charge is 0.407 e. The van der Waals surface area contributed by atoms with Crippen molar-refractivity contribution in [3.63, 3.8) is 0 Å². The molecule has 194 valence electrons. The lowest BCUT2D eigenvalue weighted by molar-refractivity contribution is -0.142. The van der Waals surface area contributed by atoms with Crippen LogP contribution in [0.1, 0.15) is 49.2 Å². The summed E-state index contributed by atoms with van der Waals surface area (Å²) in [6, 6.07) is 7.32. The molecule has 1 aromatic heterocycles. The van der Waals surface area contributed by atoms with Crippen LogP contribution >= 0.6 is 0 Å². The Morgan fingerprint density at radius 1 is 1.11 bits per heavy atom. The van der Waals surface area contributed by atoms with Gasteiger partial charge in [-0.2, -0.15) is 4.57 Å². The standard InChI is InChI=1S/C25H32N4O7/c1-16-13-28(24(34)29(21(16)31)22(32)17-9-7-6-8-10-17)19-11-18(27(14-19)15-20(30)35-5)12-26-23(33)36-25(2,3)4/h6-10,13,18-19H,11-12,14-15H2,1-5H3,(H,26,33)/t18-,19-/m1/s1.